The first-order valence-electron chi connectivity index (χ1n) is 5.48. The van der Waals surface area contributed by atoms with Crippen molar-refractivity contribution in [2.24, 2.45) is 0 Å². The maximum atomic E-state index is 11.4. The molecule has 1 atom stereocenters. The molecule has 16 heavy (non-hydrogen) atoms. The highest BCUT2D eigenvalue weighted by Gasteiger charge is 2.33. The number of carbonyl (C=O) groups is 1. The minimum Gasteiger partial charge on any atom is -0.394 e. The molecule has 1 aliphatic heterocycles. The number of aliphatic hydroxyl groups is 1. The Bertz CT molecular complexity index is 242. The predicted octanol–water partition coefficient (Wildman–Crippen LogP) is -0.326. The maximum Gasteiger partial charge on any atom is 0.172 e. The van der Waals surface area contributed by atoms with Gasteiger partial charge in [-0.3, -0.25) is 9.69 Å². The Morgan fingerprint density at radius 1 is 1.62 bits per heavy atom. The van der Waals surface area contributed by atoms with Crippen molar-refractivity contribution in [1.82, 2.24) is 4.90 Å². The van der Waals surface area contributed by atoms with Gasteiger partial charge in [0.25, 0.3) is 0 Å². The third-order valence-electron chi connectivity index (χ3n) is 2.46. The second kappa shape index (κ2) is 5.72. The highest BCUT2D eigenvalue weighted by molar-refractivity contribution is 5.81. The summed E-state index contributed by atoms with van der Waals surface area (Å²) in [5.41, 5.74) is -0.320. The molecule has 1 unspecified atom stereocenters. The lowest BCUT2D eigenvalue weighted by molar-refractivity contribution is -0.153. The first-order valence-corrected chi connectivity index (χ1v) is 5.48. The first kappa shape index (κ1) is 13.6. The Labute approximate surface area is 96.3 Å². The van der Waals surface area contributed by atoms with E-state index in [2.05, 4.69) is 0 Å². The number of hydrogen-bond donors (Lipinski definition) is 1. The Hall–Kier alpha value is -0.490. The molecule has 0 aliphatic carbocycles. The number of morpholine rings is 1. The summed E-state index contributed by atoms with van der Waals surface area (Å²) in [6.45, 7) is 5.69. The van der Waals surface area contributed by atoms with Crippen LogP contribution in [0.3, 0.4) is 0 Å². The highest BCUT2D eigenvalue weighted by Crippen LogP contribution is 2.20. The van der Waals surface area contributed by atoms with Gasteiger partial charge in [0.15, 0.2) is 5.78 Å². The molecule has 0 radical (unpaired) electrons. The van der Waals surface area contributed by atoms with E-state index in [1.54, 1.807) is 0 Å². The monoisotopic (exact) mass is 231 g/mol. The Balaban J connectivity index is 2.50. The van der Waals surface area contributed by atoms with Gasteiger partial charge in [0.2, 0.25) is 0 Å². The number of aliphatic hydroxyl groups excluding tert-OH is 1. The summed E-state index contributed by atoms with van der Waals surface area (Å²) in [6.07, 6.45) is -0.209. The molecule has 1 rings (SSSR count). The lowest BCUT2D eigenvalue weighted by Crippen LogP contribution is -2.55. The Morgan fingerprint density at radius 2 is 2.31 bits per heavy atom. The summed E-state index contributed by atoms with van der Waals surface area (Å²) in [5, 5.41) is 9.12. The summed E-state index contributed by atoms with van der Waals surface area (Å²) in [7, 11) is 1.51. The van der Waals surface area contributed by atoms with Crippen LogP contribution in [0, 0.1) is 0 Å². The first-order chi connectivity index (χ1) is 7.46. The molecule has 0 aromatic heterocycles. The summed E-state index contributed by atoms with van der Waals surface area (Å²) >= 11 is 0. The highest BCUT2D eigenvalue weighted by atomic mass is 16.5. The molecular formula is C11H21NO4. The number of methoxy groups -OCH3 is 1. The fourth-order valence-corrected chi connectivity index (χ4v) is 2.09. The third-order valence-corrected chi connectivity index (χ3v) is 2.46. The number of Topliss-reactive ketones (excluding diaryl/α,β-unsaturated/α-hetero) is 1. The van der Waals surface area contributed by atoms with E-state index in [0.717, 1.165) is 0 Å². The fraction of sp³-hybridized carbons (Fsp3) is 0.909. The van der Waals surface area contributed by atoms with Gasteiger partial charge in [0, 0.05) is 20.2 Å². The Morgan fingerprint density at radius 3 is 2.88 bits per heavy atom. The average molecular weight is 231 g/mol. The van der Waals surface area contributed by atoms with Crippen molar-refractivity contribution in [1.29, 1.82) is 0 Å². The topological polar surface area (TPSA) is 59.0 Å². The van der Waals surface area contributed by atoms with Crippen molar-refractivity contribution in [3.63, 3.8) is 0 Å². The quantitative estimate of drug-likeness (QED) is 0.702. The van der Waals surface area contributed by atoms with E-state index in [4.69, 9.17) is 14.6 Å². The summed E-state index contributed by atoms with van der Waals surface area (Å²) in [6, 6.07) is 0. The lowest BCUT2D eigenvalue weighted by Gasteiger charge is -2.42. The molecule has 1 heterocycles. The molecule has 1 saturated heterocycles. The molecule has 1 aliphatic rings. The largest absolute Gasteiger partial charge is 0.394 e. The van der Waals surface area contributed by atoms with Crippen LogP contribution in [0.2, 0.25) is 0 Å². The van der Waals surface area contributed by atoms with Crippen molar-refractivity contribution >= 4 is 5.78 Å². The van der Waals surface area contributed by atoms with Gasteiger partial charge < -0.3 is 14.6 Å². The summed E-state index contributed by atoms with van der Waals surface area (Å²) < 4.78 is 10.5. The van der Waals surface area contributed by atoms with Crippen molar-refractivity contribution in [3.8, 4) is 0 Å². The SMILES string of the molecule is COCC(=O)CN1CC(CO)OC(C)(C)C1. The number of nitrogens with zero attached hydrogens (tertiary/aromatic N) is 1. The molecule has 0 aromatic carbocycles. The smallest absolute Gasteiger partial charge is 0.172 e. The number of hydrogen-bond acceptors (Lipinski definition) is 5. The fourth-order valence-electron chi connectivity index (χ4n) is 2.09. The molecule has 5 heteroatoms. The normalized spacial score (nSPS) is 25.6. The van der Waals surface area contributed by atoms with Crippen LogP contribution in [0.5, 0.6) is 0 Å². The van der Waals surface area contributed by atoms with Crippen LogP contribution in [0.1, 0.15) is 13.8 Å². The zero-order valence-electron chi connectivity index (χ0n) is 10.2. The van der Waals surface area contributed by atoms with Gasteiger partial charge in [-0.15, -0.1) is 0 Å². The zero-order valence-corrected chi connectivity index (χ0v) is 10.2. The van der Waals surface area contributed by atoms with Crippen LogP contribution in [-0.2, 0) is 14.3 Å². The van der Waals surface area contributed by atoms with Crippen molar-refractivity contribution < 1.29 is 19.4 Å². The molecule has 0 aromatic rings. The third kappa shape index (κ3) is 4.17. The van der Waals surface area contributed by atoms with Crippen LogP contribution < -0.4 is 0 Å². The minimum absolute atomic E-state index is 0.0155. The van der Waals surface area contributed by atoms with Gasteiger partial charge >= 0.3 is 0 Å². The number of carbonyl (C=O) groups excluding carboxylic acids is 1. The molecule has 1 N–H and O–H groups in total. The molecule has 1 fully saturated rings. The second-order valence-electron chi connectivity index (χ2n) is 4.82. The van der Waals surface area contributed by atoms with E-state index >= 15 is 0 Å². The van der Waals surface area contributed by atoms with E-state index in [0.29, 0.717) is 19.6 Å². The minimum atomic E-state index is -0.320. The van der Waals surface area contributed by atoms with E-state index < -0.39 is 0 Å². The van der Waals surface area contributed by atoms with Crippen LogP contribution in [0.25, 0.3) is 0 Å². The Kier molecular flexibility index (Phi) is 4.86. The average Bonchev–Trinajstić information content (AvgIpc) is 2.15. The van der Waals surface area contributed by atoms with E-state index in [1.165, 1.54) is 7.11 Å². The van der Waals surface area contributed by atoms with Gasteiger partial charge in [-0.2, -0.15) is 0 Å². The number of rotatable bonds is 5. The predicted molar refractivity (Wildman–Crippen MR) is 59.4 cm³/mol. The molecule has 5 nitrogen and oxygen atoms in total. The zero-order chi connectivity index (χ0) is 12.2. The standard InChI is InChI=1S/C11H21NO4/c1-11(2)8-12(4-9(14)7-15-3)5-10(6-13)16-11/h10,13H,4-8H2,1-3H3. The molecular weight excluding hydrogens is 210 g/mol. The molecule has 0 saturated carbocycles. The van der Waals surface area contributed by atoms with Crippen LogP contribution in [-0.4, -0.2) is 67.5 Å². The van der Waals surface area contributed by atoms with Crippen LogP contribution in [0.4, 0.5) is 0 Å². The van der Waals surface area contributed by atoms with E-state index in [9.17, 15) is 4.79 Å². The lowest BCUT2D eigenvalue weighted by atomic mass is 10.1. The van der Waals surface area contributed by atoms with Gasteiger partial charge in [-0.05, 0) is 13.8 Å². The van der Waals surface area contributed by atoms with E-state index in [1.807, 2.05) is 18.7 Å². The van der Waals surface area contributed by atoms with Crippen LogP contribution in [0.15, 0.2) is 0 Å². The second-order valence-corrected chi connectivity index (χ2v) is 4.82. The number of ketones is 1. The summed E-state index contributed by atoms with van der Waals surface area (Å²) in [4.78, 5) is 13.5. The maximum absolute atomic E-state index is 11.4. The molecule has 94 valence electrons. The molecule has 0 spiro atoms. The van der Waals surface area contributed by atoms with Gasteiger partial charge in [0.1, 0.15) is 6.61 Å². The van der Waals surface area contributed by atoms with Gasteiger partial charge in [0.05, 0.1) is 24.9 Å². The van der Waals surface area contributed by atoms with Gasteiger partial charge in [-0.1, -0.05) is 0 Å². The van der Waals surface area contributed by atoms with Crippen molar-refractivity contribution in [3.05, 3.63) is 0 Å². The number of ether oxygens (including phenoxy) is 2. The molecule has 0 bridgehead atoms. The summed E-state index contributed by atoms with van der Waals surface area (Å²) in [5.74, 6) is 0.0527. The van der Waals surface area contributed by atoms with E-state index in [-0.39, 0.29) is 30.7 Å². The van der Waals surface area contributed by atoms with Crippen molar-refractivity contribution in [2.75, 3.05) is 40.0 Å². The van der Waals surface area contributed by atoms with Crippen LogP contribution >= 0.6 is 0 Å². The van der Waals surface area contributed by atoms with Crippen molar-refractivity contribution in [2.45, 2.75) is 25.6 Å². The molecule has 0 amide bonds. The van der Waals surface area contributed by atoms with Gasteiger partial charge in [-0.25, -0.2) is 0 Å².